The predicted octanol–water partition coefficient (Wildman–Crippen LogP) is 3.04. The molecule has 0 radical (unpaired) electrons. The fourth-order valence-electron chi connectivity index (χ4n) is 1.55. The summed E-state index contributed by atoms with van der Waals surface area (Å²) in [6, 6.07) is 7.86. The summed E-state index contributed by atoms with van der Waals surface area (Å²) < 4.78 is 1.03. The first-order valence-corrected chi connectivity index (χ1v) is 5.23. The van der Waals surface area contributed by atoms with Gasteiger partial charge in [0.05, 0.1) is 0 Å². The molecule has 3 heteroatoms. The Bertz CT molecular complexity index is 522. The van der Waals surface area contributed by atoms with Crippen LogP contribution in [0.25, 0.3) is 10.1 Å². The van der Waals surface area contributed by atoms with Crippen molar-refractivity contribution < 1.29 is 5.11 Å². The fourth-order valence-corrected chi connectivity index (χ4v) is 2.63. The molecule has 1 aromatic heterocycles. The predicted molar refractivity (Wildman–Crippen MR) is 57.6 cm³/mol. The second kappa shape index (κ2) is 3.32. The molecule has 1 heterocycles. The van der Waals surface area contributed by atoms with Gasteiger partial charge in [-0.3, -0.25) is 0 Å². The average molecular weight is 203 g/mol. The molecule has 1 N–H and O–H groups in total. The molecule has 2 nitrogen and oxygen atoms in total. The second-order valence-electron chi connectivity index (χ2n) is 3.04. The molecule has 0 saturated carbocycles. The maximum Gasteiger partial charge on any atom is 0.190 e. The van der Waals surface area contributed by atoms with Gasteiger partial charge in [-0.05, 0) is 12.0 Å². The zero-order valence-electron chi connectivity index (χ0n) is 7.74. The Morgan fingerprint density at radius 2 is 2.29 bits per heavy atom. The third-order valence-corrected chi connectivity index (χ3v) is 3.35. The molecule has 0 atom stereocenters. The molecule has 0 aliphatic rings. The Morgan fingerprint density at radius 3 is 2.93 bits per heavy atom. The molecule has 0 amide bonds. The maximum atomic E-state index is 9.55. The molecule has 1 aromatic carbocycles. The highest BCUT2D eigenvalue weighted by atomic mass is 32.1. The molecule has 2 rings (SSSR count). The van der Waals surface area contributed by atoms with Crippen LogP contribution in [0.1, 0.15) is 18.1 Å². The number of rotatable bonds is 1. The molecule has 0 saturated heterocycles. The number of aryl methyl sites for hydroxylation is 1. The third-order valence-electron chi connectivity index (χ3n) is 2.27. The van der Waals surface area contributed by atoms with Gasteiger partial charge in [0.25, 0.3) is 0 Å². The summed E-state index contributed by atoms with van der Waals surface area (Å²) in [6.45, 7) is 2.07. The van der Waals surface area contributed by atoms with Crippen LogP contribution in [0.3, 0.4) is 0 Å². The van der Waals surface area contributed by atoms with Crippen LogP contribution in [0.5, 0.6) is 5.06 Å². The van der Waals surface area contributed by atoms with Crippen LogP contribution in [-0.2, 0) is 6.42 Å². The summed E-state index contributed by atoms with van der Waals surface area (Å²) in [5, 5.41) is 19.4. The first kappa shape index (κ1) is 9.04. The van der Waals surface area contributed by atoms with E-state index in [1.807, 2.05) is 24.3 Å². The SMILES string of the molecule is CCc1cccc2c(C#N)c(O)sc12. The van der Waals surface area contributed by atoms with E-state index in [4.69, 9.17) is 5.26 Å². The lowest BCUT2D eigenvalue weighted by atomic mass is 10.1. The van der Waals surface area contributed by atoms with E-state index in [0.717, 1.165) is 16.5 Å². The molecular weight excluding hydrogens is 194 g/mol. The smallest absolute Gasteiger partial charge is 0.190 e. The van der Waals surface area contributed by atoms with E-state index in [2.05, 4.69) is 6.92 Å². The number of benzene rings is 1. The number of fused-ring (bicyclic) bond motifs is 1. The van der Waals surface area contributed by atoms with Crippen molar-refractivity contribution in [1.29, 1.82) is 5.26 Å². The zero-order chi connectivity index (χ0) is 10.1. The minimum absolute atomic E-state index is 0.128. The van der Waals surface area contributed by atoms with Gasteiger partial charge >= 0.3 is 0 Å². The van der Waals surface area contributed by atoms with E-state index in [0.29, 0.717) is 5.56 Å². The van der Waals surface area contributed by atoms with Gasteiger partial charge in [-0.1, -0.05) is 36.5 Å². The highest BCUT2D eigenvalue weighted by Crippen LogP contribution is 2.37. The number of nitrogens with zero attached hydrogens (tertiary/aromatic N) is 1. The van der Waals surface area contributed by atoms with E-state index >= 15 is 0 Å². The van der Waals surface area contributed by atoms with Crippen molar-refractivity contribution in [1.82, 2.24) is 0 Å². The van der Waals surface area contributed by atoms with Crippen LogP contribution in [0.2, 0.25) is 0 Å². The Hall–Kier alpha value is -1.53. The van der Waals surface area contributed by atoms with Gasteiger partial charge in [0.1, 0.15) is 11.6 Å². The van der Waals surface area contributed by atoms with Crippen molar-refractivity contribution in [3.8, 4) is 11.1 Å². The largest absolute Gasteiger partial charge is 0.499 e. The number of nitriles is 1. The minimum Gasteiger partial charge on any atom is -0.499 e. The van der Waals surface area contributed by atoms with E-state index in [-0.39, 0.29) is 5.06 Å². The Balaban J connectivity index is 2.87. The average Bonchev–Trinajstić information content (AvgIpc) is 2.52. The Kier molecular flexibility index (Phi) is 2.14. The van der Waals surface area contributed by atoms with E-state index in [9.17, 15) is 5.11 Å². The first-order chi connectivity index (χ1) is 6.77. The summed E-state index contributed by atoms with van der Waals surface area (Å²) in [5.74, 6) is 0. The van der Waals surface area contributed by atoms with Crippen LogP contribution in [0.4, 0.5) is 0 Å². The topological polar surface area (TPSA) is 44.0 Å². The van der Waals surface area contributed by atoms with Crippen LogP contribution >= 0.6 is 11.3 Å². The Morgan fingerprint density at radius 1 is 1.50 bits per heavy atom. The number of hydrogen-bond acceptors (Lipinski definition) is 3. The zero-order valence-corrected chi connectivity index (χ0v) is 8.56. The second-order valence-corrected chi connectivity index (χ2v) is 4.04. The van der Waals surface area contributed by atoms with Crippen molar-refractivity contribution in [3.63, 3.8) is 0 Å². The van der Waals surface area contributed by atoms with Gasteiger partial charge in [-0.25, -0.2) is 0 Å². The highest BCUT2D eigenvalue weighted by Gasteiger charge is 2.12. The Labute approximate surface area is 86.0 Å². The lowest BCUT2D eigenvalue weighted by Gasteiger charge is -1.96. The summed E-state index contributed by atoms with van der Waals surface area (Å²) in [7, 11) is 0. The van der Waals surface area contributed by atoms with E-state index in [1.54, 1.807) is 0 Å². The molecular formula is C11H9NOS. The van der Waals surface area contributed by atoms with Gasteiger partial charge < -0.3 is 5.11 Å². The van der Waals surface area contributed by atoms with Gasteiger partial charge in [-0.2, -0.15) is 5.26 Å². The van der Waals surface area contributed by atoms with Crippen molar-refractivity contribution in [2.45, 2.75) is 13.3 Å². The highest BCUT2D eigenvalue weighted by molar-refractivity contribution is 7.21. The first-order valence-electron chi connectivity index (χ1n) is 4.41. The number of thiophene rings is 1. The summed E-state index contributed by atoms with van der Waals surface area (Å²) in [4.78, 5) is 0. The minimum atomic E-state index is 0.128. The third kappa shape index (κ3) is 1.16. The number of hydrogen-bond donors (Lipinski definition) is 1. The van der Waals surface area contributed by atoms with Crippen molar-refractivity contribution in [2.75, 3.05) is 0 Å². The van der Waals surface area contributed by atoms with Crippen LogP contribution in [0.15, 0.2) is 18.2 Å². The van der Waals surface area contributed by atoms with Gasteiger partial charge in [-0.15, -0.1) is 0 Å². The molecule has 0 fully saturated rings. The molecule has 0 unspecified atom stereocenters. The molecule has 70 valence electrons. The monoisotopic (exact) mass is 203 g/mol. The van der Waals surface area contributed by atoms with Crippen LogP contribution < -0.4 is 0 Å². The lowest BCUT2D eigenvalue weighted by Crippen LogP contribution is -1.79. The van der Waals surface area contributed by atoms with E-state index < -0.39 is 0 Å². The van der Waals surface area contributed by atoms with Crippen LogP contribution in [0, 0.1) is 11.3 Å². The molecule has 14 heavy (non-hydrogen) atoms. The standard InChI is InChI=1S/C11H9NOS/c1-2-7-4-3-5-8-9(6-12)11(13)14-10(7)8/h3-5,13H,2H2,1H3. The summed E-state index contributed by atoms with van der Waals surface area (Å²) in [6.07, 6.45) is 0.919. The normalized spacial score (nSPS) is 10.3. The molecule has 0 aliphatic heterocycles. The maximum absolute atomic E-state index is 9.55. The molecule has 0 bridgehead atoms. The molecule has 0 spiro atoms. The van der Waals surface area contributed by atoms with Gasteiger partial charge in [0.2, 0.25) is 0 Å². The van der Waals surface area contributed by atoms with E-state index in [1.165, 1.54) is 16.9 Å². The summed E-state index contributed by atoms with van der Waals surface area (Å²) in [5.41, 5.74) is 1.59. The number of aromatic hydroxyl groups is 1. The lowest BCUT2D eigenvalue weighted by molar-refractivity contribution is 0.490. The van der Waals surface area contributed by atoms with Gasteiger partial charge in [0, 0.05) is 10.1 Å². The van der Waals surface area contributed by atoms with Crippen molar-refractivity contribution in [3.05, 3.63) is 29.3 Å². The fraction of sp³-hybridized carbons (Fsp3) is 0.182. The van der Waals surface area contributed by atoms with Crippen LogP contribution in [-0.4, -0.2) is 5.11 Å². The summed E-state index contributed by atoms with van der Waals surface area (Å²) >= 11 is 1.29. The quantitative estimate of drug-likeness (QED) is 0.774. The molecule has 0 aliphatic carbocycles. The molecule has 2 aromatic rings. The van der Waals surface area contributed by atoms with Crippen molar-refractivity contribution >= 4 is 21.4 Å². The van der Waals surface area contributed by atoms with Crippen molar-refractivity contribution in [2.24, 2.45) is 0 Å². The van der Waals surface area contributed by atoms with Gasteiger partial charge in [0.15, 0.2) is 5.06 Å².